The summed E-state index contributed by atoms with van der Waals surface area (Å²) in [7, 11) is -2.14. The lowest BCUT2D eigenvalue weighted by Crippen LogP contribution is -2.66. The van der Waals surface area contributed by atoms with E-state index >= 15 is 0 Å². The van der Waals surface area contributed by atoms with E-state index in [1.165, 1.54) is 0 Å². The summed E-state index contributed by atoms with van der Waals surface area (Å²) in [6.45, 7) is 14.5. The maximum Gasteiger partial charge on any atom is 0.192 e. The Morgan fingerprint density at radius 2 is 1.47 bits per heavy atom. The first-order valence-electron chi connectivity index (χ1n) is 14.5. The van der Waals surface area contributed by atoms with Crippen LogP contribution in [0.1, 0.15) is 70.9 Å². The number of benzene rings is 2. The van der Waals surface area contributed by atoms with Gasteiger partial charge in [0.1, 0.15) is 17.8 Å². The van der Waals surface area contributed by atoms with E-state index in [9.17, 15) is 5.11 Å². The third kappa shape index (κ3) is 6.34. The number of aliphatic hydroxyl groups is 1. The molecule has 208 valence electrons. The fraction of sp³-hybridized carbons (Fsp3) is 0.576. The van der Waals surface area contributed by atoms with Crippen LogP contribution in [0.15, 0.2) is 72.3 Å². The molecule has 0 heterocycles. The molecule has 0 bridgehead atoms. The fourth-order valence-electron chi connectivity index (χ4n) is 5.85. The van der Waals surface area contributed by atoms with Gasteiger partial charge in [0.05, 0.1) is 19.3 Å². The lowest BCUT2D eigenvalue weighted by molar-refractivity contribution is -0.218. The largest absolute Gasteiger partial charge is 0.411 e. The highest BCUT2D eigenvalue weighted by atomic mass is 28.4. The summed E-state index contributed by atoms with van der Waals surface area (Å²) in [5.74, 6) is 0.131. The van der Waals surface area contributed by atoms with Crippen molar-refractivity contribution in [1.82, 2.24) is 0 Å². The van der Waals surface area contributed by atoms with Crippen molar-refractivity contribution in [3.8, 4) is 0 Å². The van der Waals surface area contributed by atoms with Gasteiger partial charge in [-0.25, -0.2) is 0 Å². The number of hydrogen-bond acceptors (Lipinski definition) is 4. The topological polar surface area (TPSA) is 47.9 Å². The van der Waals surface area contributed by atoms with E-state index in [2.05, 4.69) is 71.1 Å². The Balaban J connectivity index is 1.76. The van der Waals surface area contributed by atoms with E-state index in [4.69, 9.17) is 13.9 Å². The number of fused-ring (bicyclic) bond motifs is 1. The third-order valence-electron chi connectivity index (χ3n) is 8.90. The molecule has 1 fully saturated rings. The van der Waals surface area contributed by atoms with Gasteiger partial charge in [-0.3, -0.25) is 0 Å². The summed E-state index contributed by atoms with van der Waals surface area (Å²) in [6.07, 6.45) is 5.83. The zero-order valence-corrected chi connectivity index (χ0v) is 25.3. The Labute approximate surface area is 231 Å². The van der Waals surface area contributed by atoms with Crippen molar-refractivity contribution in [2.45, 2.75) is 115 Å². The SMILES string of the molecule is CCC[C@]1(O)C2=CCCC[C@H]2[C@@H](O[Si](C)(C)C(C)(C)C)[C@H](OCc2ccccc2)[C@H]1OCc1ccccc1. The quantitative estimate of drug-likeness (QED) is 0.248. The number of hydrogen-bond donors (Lipinski definition) is 1. The first kappa shape index (κ1) is 29.2. The van der Waals surface area contributed by atoms with E-state index in [0.29, 0.717) is 19.6 Å². The molecule has 2 aliphatic rings. The maximum atomic E-state index is 12.5. The van der Waals surface area contributed by atoms with Crippen LogP contribution in [0.5, 0.6) is 0 Å². The molecule has 5 atom stereocenters. The molecule has 0 spiro atoms. The molecular formula is C33H48O4Si. The Bertz CT molecular complexity index is 1050. The Hall–Kier alpha value is -1.76. The molecule has 1 saturated carbocycles. The molecule has 5 heteroatoms. The summed E-state index contributed by atoms with van der Waals surface area (Å²) in [4.78, 5) is 0. The minimum absolute atomic E-state index is 0.0626. The number of allylic oxidation sites excluding steroid dienone is 1. The first-order chi connectivity index (χ1) is 18.1. The minimum Gasteiger partial charge on any atom is -0.411 e. The Morgan fingerprint density at radius 3 is 2.03 bits per heavy atom. The highest BCUT2D eigenvalue weighted by Crippen LogP contribution is 2.50. The minimum atomic E-state index is -2.14. The van der Waals surface area contributed by atoms with Crippen LogP contribution in [0, 0.1) is 5.92 Å². The average Bonchev–Trinajstić information content (AvgIpc) is 2.89. The second-order valence-electron chi connectivity index (χ2n) is 12.7. The zero-order chi connectivity index (χ0) is 27.4. The molecule has 2 aliphatic carbocycles. The fourth-order valence-corrected chi connectivity index (χ4v) is 7.19. The highest BCUT2D eigenvalue weighted by Gasteiger charge is 2.58. The summed E-state index contributed by atoms with van der Waals surface area (Å²) in [5.41, 5.74) is 2.24. The van der Waals surface area contributed by atoms with Crippen LogP contribution in [0.2, 0.25) is 18.1 Å². The van der Waals surface area contributed by atoms with Crippen molar-refractivity contribution in [2.75, 3.05) is 0 Å². The molecule has 0 radical (unpaired) electrons. The molecule has 0 amide bonds. The van der Waals surface area contributed by atoms with Gasteiger partial charge in [0, 0.05) is 5.92 Å². The van der Waals surface area contributed by atoms with Crippen molar-refractivity contribution in [3.63, 3.8) is 0 Å². The summed E-state index contributed by atoms with van der Waals surface area (Å²) in [6, 6.07) is 20.5. The van der Waals surface area contributed by atoms with Crippen LogP contribution < -0.4 is 0 Å². The van der Waals surface area contributed by atoms with Crippen molar-refractivity contribution in [1.29, 1.82) is 0 Å². The molecule has 0 unspecified atom stereocenters. The second kappa shape index (κ2) is 12.2. The molecule has 0 aliphatic heterocycles. The first-order valence-corrected chi connectivity index (χ1v) is 17.4. The van der Waals surface area contributed by atoms with Gasteiger partial charge in [-0.15, -0.1) is 0 Å². The van der Waals surface area contributed by atoms with Gasteiger partial charge in [-0.1, -0.05) is 101 Å². The molecule has 4 nitrogen and oxygen atoms in total. The zero-order valence-electron chi connectivity index (χ0n) is 24.3. The molecule has 38 heavy (non-hydrogen) atoms. The second-order valence-corrected chi connectivity index (χ2v) is 17.4. The molecule has 2 aromatic carbocycles. The van der Waals surface area contributed by atoms with Gasteiger partial charge >= 0.3 is 0 Å². The number of rotatable bonds is 10. The van der Waals surface area contributed by atoms with E-state index in [1.807, 2.05) is 36.4 Å². The van der Waals surface area contributed by atoms with E-state index in [1.54, 1.807) is 0 Å². The monoisotopic (exact) mass is 536 g/mol. The smallest absolute Gasteiger partial charge is 0.192 e. The van der Waals surface area contributed by atoms with Crippen LogP contribution in [0.4, 0.5) is 0 Å². The molecule has 0 aromatic heterocycles. The number of ether oxygens (including phenoxy) is 2. The molecule has 4 rings (SSSR count). The van der Waals surface area contributed by atoms with E-state index in [-0.39, 0.29) is 23.2 Å². The summed E-state index contributed by atoms with van der Waals surface area (Å²) < 4.78 is 20.8. The normalized spacial score (nSPS) is 28.0. The predicted octanol–water partition coefficient (Wildman–Crippen LogP) is 7.82. The van der Waals surface area contributed by atoms with Crippen molar-refractivity contribution < 1.29 is 19.0 Å². The summed E-state index contributed by atoms with van der Waals surface area (Å²) >= 11 is 0. The van der Waals surface area contributed by atoms with Gasteiger partial charge in [0.25, 0.3) is 0 Å². The maximum absolute atomic E-state index is 12.5. The average molecular weight is 537 g/mol. The summed E-state index contributed by atoms with van der Waals surface area (Å²) in [5, 5.41) is 12.6. The van der Waals surface area contributed by atoms with Crippen LogP contribution >= 0.6 is 0 Å². The molecule has 2 aromatic rings. The molecular weight excluding hydrogens is 488 g/mol. The standard InChI is InChI=1S/C33H48O4Si/c1-7-22-33(34)28-21-15-14-20-27(28)29(37-38(5,6)32(2,3)4)30(35-23-25-16-10-8-11-17-25)31(33)36-24-26-18-12-9-13-19-26/h8-13,16-19,21,27,29-31,34H,7,14-15,20,22-24H2,1-6H3/t27-,29-,30+,31-,33+/m1/s1. The predicted molar refractivity (Wildman–Crippen MR) is 157 cm³/mol. The van der Waals surface area contributed by atoms with Crippen LogP contribution in [-0.4, -0.2) is 37.3 Å². The van der Waals surface area contributed by atoms with Crippen LogP contribution in [-0.2, 0) is 27.1 Å². The van der Waals surface area contributed by atoms with Gasteiger partial charge < -0.3 is 19.0 Å². The Morgan fingerprint density at radius 1 is 0.895 bits per heavy atom. The highest BCUT2D eigenvalue weighted by molar-refractivity contribution is 6.74. The van der Waals surface area contributed by atoms with Crippen LogP contribution in [0.3, 0.4) is 0 Å². The van der Waals surface area contributed by atoms with Crippen molar-refractivity contribution in [3.05, 3.63) is 83.4 Å². The Kier molecular flexibility index (Phi) is 9.37. The lowest BCUT2D eigenvalue weighted by atomic mass is 9.63. The van der Waals surface area contributed by atoms with Crippen molar-refractivity contribution in [2.24, 2.45) is 5.92 Å². The lowest BCUT2D eigenvalue weighted by Gasteiger charge is -2.55. The van der Waals surface area contributed by atoms with E-state index in [0.717, 1.165) is 42.4 Å². The van der Waals surface area contributed by atoms with Gasteiger partial charge in [-0.2, -0.15) is 0 Å². The van der Waals surface area contributed by atoms with Gasteiger partial charge in [-0.05, 0) is 60.5 Å². The van der Waals surface area contributed by atoms with E-state index < -0.39 is 20.0 Å². The van der Waals surface area contributed by atoms with Crippen LogP contribution in [0.25, 0.3) is 0 Å². The third-order valence-corrected chi connectivity index (χ3v) is 13.4. The van der Waals surface area contributed by atoms with Crippen molar-refractivity contribution >= 4 is 8.32 Å². The van der Waals surface area contributed by atoms with Gasteiger partial charge in [0.15, 0.2) is 8.32 Å². The molecule has 1 N–H and O–H groups in total. The molecule has 0 saturated heterocycles. The van der Waals surface area contributed by atoms with Gasteiger partial charge in [0.2, 0.25) is 0 Å².